The fourth-order valence-electron chi connectivity index (χ4n) is 1.59. The lowest BCUT2D eigenvalue weighted by Gasteiger charge is -2.11. The summed E-state index contributed by atoms with van der Waals surface area (Å²) in [6.07, 6.45) is 4.83. The molecule has 2 aromatic rings. The van der Waals surface area contributed by atoms with Gasteiger partial charge in [0.05, 0.1) is 0 Å². The van der Waals surface area contributed by atoms with E-state index in [2.05, 4.69) is 24.9 Å². The normalized spacial score (nSPS) is 12.9. The number of anilines is 1. The predicted molar refractivity (Wildman–Crippen MR) is 71.8 cm³/mol. The second-order valence-electron chi connectivity index (χ2n) is 3.91. The SMILES string of the molecule is CCC(C)Sc1ccc(N)c2cnccc12. The van der Waals surface area contributed by atoms with Gasteiger partial charge in [-0.1, -0.05) is 13.8 Å². The topological polar surface area (TPSA) is 38.9 Å². The first-order valence-corrected chi connectivity index (χ1v) is 6.39. The van der Waals surface area contributed by atoms with Crippen LogP contribution in [0.15, 0.2) is 35.5 Å². The molecule has 0 radical (unpaired) electrons. The van der Waals surface area contributed by atoms with Gasteiger partial charge in [-0.05, 0) is 24.6 Å². The van der Waals surface area contributed by atoms with E-state index in [1.807, 2.05) is 36.3 Å². The van der Waals surface area contributed by atoms with Crippen molar-refractivity contribution in [3.8, 4) is 0 Å². The molecule has 0 saturated carbocycles. The van der Waals surface area contributed by atoms with E-state index in [-0.39, 0.29) is 0 Å². The van der Waals surface area contributed by atoms with Crippen LogP contribution in [0.3, 0.4) is 0 Å². The van der Waals surface area contributed by atoms with Gasteiger partial charge < -0.3 is 5.73 Å². The fraction of sp³-hybridized carbons (Fsp3) is 0.308. The Morgan fingerprint density at radius 1 is 1.31 bits per heavy atom. The molecule has 1 aromatic heterocycles. The number of nitrogens with two attached hydrogens (primary N) is 1. The second kappa shape index (κ2) is 4.74. The zero-order valence-electron chi connectivity index (χ0n) is 9.60. The van der Waals surface area contributed by atoms with E-state index < -0.39 is 0 Å². The Bertz CT molecular complexity index is 496. The number of hydrogen-bond acceptors (Lipinski definition) is 3. The number of hydrogen-bond donors (Lipinski definition) is 1. The molecular formula is C13H16N2S. The van der Waals surface area contributed by atoms with E-state index in [0.717, 1.165) is 11.1 Å². The minimum atomic E-state index is 0.625. The van der Waals surface area contributed by atoms with E-state index in [9.17, 15) is 0 Å². The maximum atomic E-state index is 5.94. The third-order valence-electron chi connectivity index (χ3n) is 2.71. The first-order chi connectivity index (χ1) is 7.72. The van der Waals surface area contributed by atoms with Crippen molar-refractivity contribution in [1.82, 2.24) is 4.98 Å². The molecule has 0 aliphatic carbocycles. The van der Waals surface area contributed by atoms with Crippen LogP contribution < -0.4 is 5.73 Å². The van der Waals surface area contributed by atoms with Crippen LogP contribution in [0, 0.1) is 0 Å². The molecule has 1 aromatic carbocycles. The Kier molecular flexibility index (Phi) is 3.34. The first kappa shape index (κ1) is 11.3. The number of rotatable bonds is 3. The Morgan fingerprint density at radius 2 is 2.12 bits per heavy atom. The van der Waals surface area contributed by atoms with Crippen LogP contribution in [0.25, 0.3) is 10.8 Å². The molecule has 0 aliphatic heterocycles. The smallest absolute Gasteiger partial charge is 0.0410 e. The molecule has 2 nitrogen and oxygen atoms in total. The van der Waals surface area contributed by atoms with Crippen LogP contribution in [-0.2, 0) is 0 Å². The quantitative estimate of drug-likeness (QED) is 0.647. The highest BCUT2D eigenvalue weighted by Gasteiger charge is 2.07. The van der Waals surface area contributed by atoms with Crippen LogP contribution in [0.5, 0.6) is 0 Å². The van der Waals surface area contributed by atoms with Gasteiger partial charge in [-0.3, -0.25) is 4.98 Å². The lowest BCUT2D eigenvalue weighted by molar-refractivity contribution is 0.906. The lowest BCUT2D eigenvalue weighted by Crippen LogP contribution is -1.94. The van der Waals surface area contributed by atoms with E-state index >= 15 is 0 Å². The fourth-order valence-corrected chi connectivity index (χ4v) is 2.64. The van der Waals surface area contributed by atoms with E-state index in [1.54, 1.807) is 0 Å². The summed E-state index contributed by atoms with van der Waals surface area (Å²) < 4.78 is 0. The van der Waals surface area contributed by atoms with Crippen LogP contribution in [-0.4, -0.2) is 10.2 Å². The summed E-state index contributed by atoms with van der Waals surface area (Å²) in [5.41, 5.74) is 6.74. The summed E-state index contributed by atoms with van der Waals surface area (Å²) in [4.78, 5) is 5.42. The van der Waals surface area contributed by atoms with Crippen molar-refractivity contribution in [3.05, 3.63) is 30.6 Å². The molecule has 0 bridgehead atoms. The minimum Gasteiger partial charge on any atom is -0.398 e. The maximum absolute atomic E-state index is 5.94. The van der Waals surface area contributed by atoms with Gasteiger partial charge in [-0.2, -0.15) is 0 Å². The highest BCUT2D eigenvalue weighted by Crippen LogP contribution is 2.33. The molecule has 16 heavy (non-hydrogen) atoms. The van der Waals surface area contributed by atoms with Crippen LogP contribution in [0.1, 0.15) is 20.3 Å². The van der Waals surface area contributed by atoms with Crippen molar-refractivity contribution in [2.75, 3.05) is 5.73 Å². The molecule has 2 N–H and O–H groups in total. The van der Waals surface area contributed by atoms with E-state index in [1.165, 1.54) is 16.7 Å². The van der Waals surface area contributed by atoms with Crippen molar-refractivity contribution in [2.24, 2.45) is 0 Å². The molecule has 0 aliphatic rings. The third kappa shape index (κ3) is 2.14. The summed E-state index contributed by atoms with van der Waals surface area (Å²) >= 11 is 1.90. The number of aromatic nitrogens is 1. The monoisotopic (exact) mass is 232 g/mol. The van der Waals surface area contributed by atoms with Gasteiger partial charge in [0.1, 0.15) is 0 Å². The molecule has 1 atom stereocenters. The molecule has 1 heterocycles. The molecule has 0 amide bonds. The summed E-state index contributed by atoms with van der Waals surface area (Å²) in [6, 6.07) is 6.11. The van der Waals surface area contributed by atoms with Gasteiger partial charge in [0, 0.05) is 39.0 Å². The van der Waals surface area contributed by atoms with E-state index in [4.69, 9.17) is 5.73 Å². The van der Waals surface area contributed by atoms with Gasteiger partial charge >= 0.3 is 0 Å². The average molecular weight is 232 g/mol. The Morgan fingerprint density at radius 3 is 2.88 bits per heavy atom. The van der Waals surface area contributed by atoms with Crippen molar-refractivity contribution in [2.45, 2.75) is 30.4 Å². The van der Waals surface area contributed by atoms with Gasteiger partial charge in [-0.25, -0.2) is 0 Å². The molecule has 84 valence electrons. The number of pyridine rings is 1. The highest BCUT2D eigenvalue weighted by molar-refractivity contribution is 8.00. The van der Waals surface area contributed by atoms with Gasteiger partial charge in [-0.15, -0.1) is 11.8 Å². The standard InChI is InChI=1S/C13H16N2S/c1-3-9(2)16-13-5-4-12(14)11-8-15-7-6-10(11)13/h4-9H,3,14H2,1-2H3. The van der Waals surface area contributed by atoms with E-state index in [0.29, 0.717) is 5.25 Å². The highest BCUT2D eigenvalue weighted by atomic mass is 32.2. The Labute approximate surface area is 100 Å². The lowest BCUT2D eigenvalue weighted by atomic mass is 10.1. The molecule has 3 heteroatoms. The Balaban J connectivity index is 2.50. The maximum Gasteiger partial charge on any atom is 0.0410 e. The average Bonchev–Trinajstić information content (AvgIpc) is 2.33. The number of nitrogens with zero attached hydrogens (tertiary/aromatic N) is 1. The summed E-state index contributed by atoms with van der Waals surface area (Å²) in [7, 11) is 0. The first-order valence-electron chi connectivity index (χ1n) is 5.51. The Hall–Kier alpha value is -1.22. The zero-order chi connectivity index (χ0) is 11.5. The van der Waals surface area contributed by atoms with Crippen molar-refractivity contribution in [3.63, 3.8) is 0 Å². The summed E-state index contributed by atoms with van der Waals surface area (Å²) in [5.74, 6) is 0. The van der Waals surface area contributed by atoms with Gasteiger partial charge in [0.25, 0.3) is 0 Å². The largest absolute Gasteiger partial charge is 0.398 e. The minimum absolute atomic E-state index is 0.625. The van der Waals surface area contributed by atoms with Gasteiger partial charge in [0.15, 0.2) is 0 Å². The second-order valence-corrected chi connectivity index (χ2v) is 5.39. The zero-order valence-corrected chi connectivity index (χ0v) is 10.4. The van der Waals surface area contributed by atoms with Crippen LogP contribution in [0.4, 0.5) is 5.69 Å². The number of nitrogen functional groups attached to an aromatic ring is 1. The molecule has 2 rings (SSSR count). The molecule has 1 unspecified atom stereocenters. The molecule has 0 saturated heterocycles. The molecule has 0 spiro atoms. The molecule has 0 fully saturated rings. The summed E-state index contributed by atoms with van der Waals surface area (Å²) in [6.45, 7) is 4.45. The van der Waals surface area contributed by atoms with Crippen molar-refractivity contribution < 1.29 is 0 Å². The van der Waals surface area contributed by atoms with Gasteiger partial charge in [0.2, 0.25) is 0 Å². The summed E-state index contributed by atoms with van der Waals surface area (Å²) in [5, 5.41) is 2.89. The predicted octanol–water partition coefficient (Wildman–Crippen LogP) is 3.71. The number of benzene rings is 1. The number of thioether (sulfide) groups is 1. The third-order valence-corrected chi connectivity index (χ3v) is 4.06. The van der Waals surface area contributed by atoms with Crippen LogP contribution >= 0.6 is 11.8 Å². The molecular weight excluding hydrogens is 216 g/mol. The van der Waals surface area contributed by atoms with Crippen LogP contribution in [0.2, 0.25) is 0 Å². The van der Waals surface area contributed by atoms with Crippen molar-refractivity contribution in [1.29, 1.82) is 0 Å². The number of fused-ring (bicyclic) bond motifs is 1. The van der Waals surface area contributed by atoms with Crippen molar-refractivity contribution >= 4 is 28.2 Å².